The van der Waals surface area contributed by atoms with Crippen molar-refractivity contribution in [2.75, 3.05) is 6.61 Å². The molecule has 0 spiro atoms. The molecule has 0 heterocycles. The maximum absolute atomic E-state index is 5.54. The molecular formula is C11H15NOS. The Morgan fingerprint density at radius 3 is 2.71 bits per heavy atom. The summed E-state index contributed by atoms with van der Waals surface area (Å²) in [6, 6.07) is 5.76. The molecule has 0 aliphatic heterocycles. The molecule has 0 atom stereocenters. The van der Waals surface area contributed by atoms with Gasteiger partial charge >= 0.3 is 0 Å². The zero-order valence-corrected chi connectivity index (χ0v) is 9.36. The number of hydrogen-bond acceptors (Lipinski definition) is 2. The molecule has 0 unspecified atom stereocenters. The van der Waals surface area contributed by atoms with Gasteiger partial charge < -0.3 is 10.5 Å². The van der Waals surface area contributed by atoms with Gasteiger partial charge in [-0.1, -0.05) is 19.1 Å². The van der Waals surface area contributed by atoms with E-state index in [9.17, 15) is 0 Å². The summed E-state index contributed by atoms with van der Waals surface area (Å²) in [5.41, 5.74) is 7.49. The molecule has 0 fully saturated rings. The minimum absolute atomic E-state index is 0.426. The molecule has 1 rings (SSSR count). The fourth-order valence-corrected chi connectivity index (χ4v) is 1.30. The second kappa shape index (κ2) is 4.96. The highest BCUT2D eigenvalue weighted by Crippen LogP contribution is 2.19. The fourth-order valence-electron chi connectivity index (χ4n) is 1.18. The highest BCUT2D eigenvalue weighted by Gasteiger charge is 2.02. The fraction of sp³-hybridized carbons (Fsp3) is 0.364. The molecule has 3 heteroatoms. The average molecular weight is 209 g/mol. The summed E-state index contributed by atoms with van der Waals surface area (Å²) in [6.45, 7) is 4.82. The van der Waals surface area contributed by atoms with Gasteiger partial charge in [0.1, 0.15) is 10.7 Å². The van der Waals surface area contributed by atoms with Gasteiger partial charge in [-0.3, -0.25) is 0 Å². The average Bonchev–Trinajstić information content (AvgIpc) is 2.15. The monoisotopic (exact) mass is 209 g/mol. The van der Waals surface area contributed by atoms with Crippen molar-refractivity contribution in [2.24, 2.45) is 5.73 Å². The first-order valence-electron chi connectivity index (χ1n) is 4.68. The number of thiocarbonyl (C=S) groups is 1. The second-order valence-corrected chi connectivity index (χ2v) is 3.63. The van der Waals surface area contributed by atoms with Crippen LogP contribution in [-0.2, 0) is 0 Å². The van der Waals surface area contributed by atoms with Crippen molar-refractivity contribution < 1.29 is 4.74 Å². The van der Waals surface area contributed by atoms with Crippen molar-refractivity contribution in [2.45, 2.75) is 20.3 Å². The highest BCUT2D eigenvalue weighted by molar-refractivity contribution is 7.80. The Morgan fingerprint density at radius 2 is 2.21 bits per heavy atom. The Morgan fingerprint density at radius 1 is 1.50 bits per heavy atom. The van der Waals surface area contributed by atoms with Crippen molar-refractivity contribution in [3.8, 4) is 5.75 Å². The van der Waals surface area contributed by atoms with Gasteiger partial charge in [-0.2, -0.15) is 0 Å². The summed E-state index contributed by atoms with van der Waals surface area (Å²) >= 11 is 4.89. The molecule has 2 nitrogen and oxygen atoms in total. The normalized spacial score (nSPS) is 9.86. The number of aryl methyl sites for hydroxylation is 1. The van der Waals surface area contributed by atoms with E-state index >= 15 is 0 Å². The second-order valence-electron chi connectivity index (χ2n) is 3.19. The predicted octanol–water partition coefficient (Wildman–Crippen LogP) is 2.42. The lowest BCUT2D eigenvalue weighted by molar-refractivity contribution is 0.315. The van der Waals surface area contributed by atoms with Crippen LogP contribution in [0.1, 0.15) is 24.5 Å². The summed E-state index contributed by atoms with van der Waals surface area (Å²) in [5, 5.41) is 0. The van der Waals surface area contributed by atoms with Crippen LogP contribution in [0, 0.1) is 6.92 Å². The van der Waals surface area contributed by atoms with Crippen molar-refractivity contribution in [1.29, 1.82) is 0 Å². The van der Waals surface area contributed by atoms with E-state index in [1.807, 2.05) is 25.1 Å². The lowest BCUT2D eigenvalue weighted by Crippen LogP contribution is -2.09. The van der Waals surface area contributed by atoms with Crippen LogP contribution in [0.2, 0.25) is 0 Å². The van der Waals surface area contributed by atoms with Crippen LogP contribution in [0.25, 0.3) is 0 Å². The molecule has 0 aliphatic rings. The number of hydrogen-bond donors (Lipinski definition) is 1. The van der Waals surface area contributed by atoms with Crippen molar-refractivity contribution in [1.82, 2.24) is 0 Å². The van der Waals surface area contributed by atoms with Gasteiger partial charge in [0.25, 0.3) is 0 Å². The zero-order valence-electron chi connectivity index (χ0n) is 8.54. The van der Waals surface area contributed by atoms with E-state index in [1.165, 1.54) is 0 Å². The van der Waals surface area contributed by atoms with Gasteiger partial charge in [0.2, 0.25) is 0 Å². The van der Waals surface area contributed by atoms with Gasteiger partial charge in [0.15, 0.2) is 0 Å². The van der Waals surface area contributed by atoms with Crippen LogP contribution >= 0.6 is 12.2 Å². The molecule has 0 aliphatic carbocycles. The molecule has 0 amide bonds. The maximum atomic E-state index is 5.54. The van der Waals surface area contributed by atoms with E-state index in [0.717, 1.165) is 29.9 Å². The third kappa shape index (κ3) is 2.70. The van der Waals surface area contributed by atoms with Gasteiger partial charge in [-0.25, -0.2) is 0 Å². The minimum atomic E-state index is 0.426. The molecule has 76 valence electrons. The first-order valence-corrected chi connectivity index (χ1v) is 5.09. The molecule has 0 aromatic heterocycles. The maximum Gasteiger partial charge on any atom is 0.122 e. The first kappa shape index (κ1) is 11.0. The van der Waals surface area contributed by atoms with E-state index < -0.39 is 0 Å². The molecular weight excluding hydrogens is 194 g/mol. The molecule has 1 aromatic rings. The van der Waals surface area contributed by atoms with Crippen molar-refractivity contribution in [3.63, 3.8) is 0 Å². The molecule has 0 radical (unpaired) electrons. The molecule has 0 saturated heterocycles. The molecule has 1 aromatic carbocycles. The van der Waals surface area contributed by atoms with Crippen LogP contribution in [-0.4, -0.2) is 11.6 Å². The largest absolute Gasteiger partial charge is 0.493 e. The van der Waals surface area contributed by atoms with E-state index in [1.54, 1.807) is 0 Å². The Balaban J connectivity index is 2.84. The quantitative estimate of drug-likeness (QED) is 0.773. The number of benzene rings is 1. The Bertz CT molecular complexity index is 336. The summed E-state index contributed by atoms with van der Waals surface area (Å²) in [6.07, 6.45) is 1.01. The van der Waals surface area contributed by atoms with Gasteiger partial charge in [-0.15, -0.1) is 0 Å². The molecule has 14 heavy (non-hydrogen) atoms. The Labute approximate surface area is 90.1 Å². The van der Waals surface area contributed by atoms with Crippen molar-refractivity contribution >= 4 is 17.2 Å². The smallest absolute Gasteiger partial charge is 0.122 e. The third-order valence-electron chi connectivity index (χ3n) is 1.92. The summed E-state index contributed by atoms with van der Waals surface area (Å²) in [4.78, 5) is 0.426. The van der Waals surface area contributed by atoms with E-state index in [-0.39, 0.29) is 0 Å². The van der Waals surface area contributed by atoms with Crippen LogP contribution in [0.4, 0.5) is 0 Å². The topological polar surface area (TPSA) is 35.2 Å². The summed E-state index contributed by atoms with van der Waals surface area (Å²) < 4.78 is 5.54. The first-order chi connectivity index (χ1) is 6.65. The number of nitrogens with two attached hydrogens (primary N) is 1. The number of ether oxygens (including phenoxy) is 1. The van der Waals surface area contributed by atoms with Crippen LogP contribution in [0.3, 0.4) is 0 Å². The Hall–Kier alpha value is -1.09. The third-order valence-corrected chi connectivity index (χ3v) is 2.16. The van der Waals surface area contributed by atoms with Crippen molar-refractivity contribution in [3.05, 3.63) is 29.3 Å². The van der Waals surface area contributed by atoms with E-state index in [2.05, 4.69) is 6.92 Å². The summed E-state index contributed by atoms with van der Waals surface area (Å²) in [7, 11) is 0. The SMILES string of the molecule is CCCOc1ccc(C(N)=S)cc1C. The Kier molecular flexibility index (Phi) is 3.89. The zero-order chi connectivity index (χ0) is 10.6. The minimum Gasteiger partial charge on any atom is -0.493 e. The van der Waals surface area contributed by atoms with Crippen LogP contribution in [0.5, 0.6) is 5.75 Å². The van der Waals surface area contributed by atoms with Crippen LogP contribution < -0.4 is 10.5 Å². The lowest BCUT2D eigenvalue weighted by atomic mass is 10.1. The van der Waals surface area contributed by atoms with Gasteiger partial charge in [0.05, 0.1) is 6.61 Å². The summed E-state index contributed by atoms with van der Waals surface area (Å²) in [5.74, 6) is 0.909. The van der Waals surface area contributed by atoms with Gasteiger partial charge in [0, 0.05) is 5.56 Å². The van der Waals surface area contributed by atoms with Gasteiger partial charge in [-0.05, 0) is 37.1 Å². The molecule has 0 saturated carbocycles. The lowest BCUT2D eigenvalue weighted by Gasteiger charge is -2.09. The standard InChI is InChI=1S/C11H15NOS/c1-3-6-13-10-5-4-9(11(12)14)7-8(10)2/h4-5,7H,3,6H2,1-2H3,(H2,12,14). The van der Waals surface area contributed by atoms with Crippen LogP contribution in [0.15, 0.2) is 18.2 Å². The van der Waals surface area contributed by atoms with E-state index in [4.69, 9.17) is 22.7 Å². The predicted molar refractivity (Wildman–Crippen MR) is 62.9 cm³/mol. The molecule has 2 N–H and O–H groups in total. The van der Waals surface area contributed by atoms with E-state index in [0.29, 0.717) is 4.99 Å². The molecule has 0 bridgehead atoms. The number of rotatable bonds is 4. The highest BCUT2D eigenvalue weighted by atomic mass is 32.1.